The topological polar surface area (TPSA) is 64.4 Å². The molecule has 0 fully saturated rings. The van der Waals surface area contributed by atoms with E-state index in [2.05, 4.69) is 11.9 Å². The number of para-hydroxylation sites is 1. The van der Waals surface area contributed by atoms with Gasteiger partial charge in [0.15, 0.2) is 5.75 Å². The van der Waals surface area contributed by atoms with Crippen molar-refractivity contribution >= 4 is 11.4 Å². The molecule has 1 rings (SSSR count). The van der Waals surface area contributed by atoms with Crippen LogP contribution >= 0.6 is 0 Å². The molecule has 17 heavy (non-hydrogen) atoms. The van der Waals surface area contributed by atoms with Crippen LogP contribution in [0.2, 0.25) is 0 Å². The quantitative estimate of drug-likeness (QED) is 0.449. The van der Waals surface area contributed by atoms with E-state index in [1.807, 2.05) is 6.92 Å². The molecule has 1 N–H and O–H groups in total. The normalized spacial score (nSPS) is 9.71. The Morgan fingerprint density at radius 2 is 2.35 bits per heavy atom. The van der Waals surface area contributed by atoms with Gasteiger partial charge in [-0.05, 0) is 18.6 Å². The van der Waals surface area contributed by atoms with E-state index in [1.165, 1.54) is 0 Å². The highest BCUT2D eigenvalue weighted by molar-refractivity contribution is 5.68. The Kier molecular flexibility index (Phi) is 5.00. The predicted molar refractivity (Wildman–Crippen MR) is 67.6 cm³/mol. The molecular weight excluding hydrogens is 220 g/mol. The van der Waals surface area contributed by atoms with E-state index in [0.29, 0.717) is 12.2 Å². The van der Waals surface area contributed by atoms with Crippen LogP contribution in [0.15, 0.2) is 30.9 Å². The van der Waals surface area contributed by atoms with Crippen LogP contribution < -0.4 is 10.1 Å². The average molecular weight is 236 g/mol. The molecule has 5 heteroatoms. The molecule has 0 aliphatic heterocycles. The highest BCUT2D eigenvalue weighted by Crippen LogP contribution is 2.34. The second-order valence-corrected chi connectivity index (χ2v) is 3.44. The van der Waals surface area contributed by atoms with Gasteiger partial charge < -0.3 is 10.1 Å². The number of benzene rings is 1. The molecule has 0 atom stereocenters. The summed E-state index contributed by atoms with van der Waals surface area (Å²) in [5.74, 6) is 0.260. The number of nitro benzene ring substituents is 1. The Balaban J connectivity index is 3.03. The molecular formula is C12H16N2O3. The molecule has 1 aromatic rings. The van der Waals surface area contributed by atoms with Crippen molar-refractivity contribution in [3.8, 4) is 5.75 Å². The number of nitro groups is 1. The lowest BCUT2D eigenvalue weighted by atomic mass is 10.2. The molecule has 0 bridgehead atoms. The van der Waals surface area contributed by atoms with Gasteiger partial charge in [0, 0.05) is 6.54 Å². The molecule has 5 nitrogen and oxygen atoms in total. The fraction of sp³-hybridized carbons (Fsp3) is 0.333. The fourth-order valence-electron chi connectivity index (χ4n) is 1.38. The predicted octanol–water partition coefficient (Wildman–Crippen LogP) is 2.98. The highest BCUT2D eigenvalue weighted by atomic mass is 16.6. The number of nitrogens with one attached hydrogen (secondary N) is 1. The lowest BCUT2D eigenvalue weighted by Gasteiger charge is -2.09. The first-order valence-electron chi connectivity index (χ1n) is 5.45. The number of nitrogens with zero attached hydrogens (tertiary/aromatic N) is 1. The summed E-state index contributed by atoms with van der Waals surface area (Å²) in [5.41, 5.74) is 0.459. The summed E-state index contributed by atoms with van der Waals surface area (Å²) in [6.07, 6.45) is 2.45. The van der Waals surface area contributed by atoms with Crippen molar-refractivity contribution in [2.75, 3.05) is 18.5 Å². The van der Waals surface area contributed by atoms with E-state index >= 15 is 0 Å². The van der Waals surface area contributed by atoms with E-state index in [9.17, 15) is 10.1 Å². The van der Waals surface area contributed by atoms with Gasteiger partial charge in [-0.2, -0.15) is 0 Å². The zero-order valence-corrected chi connectivity index (χ0v) is 9.81. The van der Waals surface area contributed by atoms with Crippen LogP contribution in [0.25, 0.3) is 0 Å². The maximum Gasteiger partial charge on any atom is 0.333 e. The van der Waals surface area contributed by atoms with E-state index < -0.39 is 4.92 Å². The first kappa shape index (κ1) is 13.0. The zero-order valence-electron chi connectivity index (χ0n) is 9.81. The van der Waals surface area contributed by atoms with Crippen LogP contribution in [0.5, 0.6) is 5.75 Å². The third-order valence-corrected chi connectivity index (χ3v) is 2.10. The van der Waals surface area contributed by atoms with Crippen LogP contribution in [0.3, 0.4) is 0 Å². The first-order valence-corrected chi connectivity index (χ1v) is 5.45. The molecule has 0 saturated heterocycles. The van der Waals surface area contributed by atoms with Crippen molar-refractivity contribution < 1.29 is 9.66 Å². The smallest absolute Gasteiger partial charge is 0.333 e. The minimum Gasteiger partial charge on any atom is -0.483 e. The molecule has 1 aromatic carbocycles. The van der Waals surface area contributed by atoms with Crippen molar-refractivity contribution in [3.05, 3.63) is 41.0 Å². The average Bonchev–Trinajstić information content (AvgIpc) is 2.33. The van der Waals surface area contributed by atoms with Crippen LogP contribution in [-0.2, 0) is 0 Å². The van der Waals surface area contributed by atoms with Crippen molar-refractivity contribution in [1.82, 2.24) is 0 Å². The number of anilines is 1. The zero-order chi connectivity index (χ0) is 12.7. The van der Waals surface area contributed by atoms with Crippen molar-refractivity contribution in [2.24, 2.45) is 0 Å². The monoisotopic (exact) mass is 236 g/mol. The summed E-state index contributed by atoms with van der Waals surface area (Å²) in [4.78, 5) is 10.6. The van der Waals surface area contributed by atoms with Crippen LogP contribution in [0.4, 0.5) is 11.4 Å². The van der Waals surface area contributed by atoms with Crippen molar-refractivity contribution in [1.29, 1.82) is 0 Å². The Hall–Kier alpha value is -2.04. The number of hydrogen-bond donors (Lipinski definition) is 1. The van der Waals surface area contributed by atoms with E-state index in [1.54, 1.807) is 24.3 Å². The van der Waals surface area contributed by atoms with Gasteiger partial charge in [0.1, 0.15) is 12.3 Å². The van der Waals surface area contributed by atoms with Gasteiger partial charge in [0.2, 0.25) is 0 Å². The lowest BCUT2D eigenvalue weighted by Crippen LogP contribution is -2.05. The van der Waals surface area contributed by atoms with Crippen molar-refractivity contribution in [2.45, 2.75) is 13.3 Å². The van der Waals surface area contributed by atoms with Gasteiger partial charge in [-0.1, -0.05) is 25.6 Å². The van der Waals surface area contributed by atoms with Crippen LogP contribution in [0, 0.1) is 10.1 Å². The van der Waals surface area contributed by atoms with Crippen LogP contribution in [-0.4, -0.2) is 18.1 Å². The van der Waals surface area contributed by atoms with E-state index in [-0.39, 0.29) is 18.0 Å². The Morgan fingerprint density at radius 3 is 2.94 bits per heavy atom. The van der Waals surface area contributed by atoms with E-state index in [0.717, 1.165) is 6.42 Å². The lowest BCUT2D eigenvalue weighted by molar-refractivity contribution is -0.384. The van der Waals surface area contributed by atoms with Gasteiger partial charge in [0.25, 0.3) is 0 Å². The molecule has 0 saturated carbocycles. The summed E-state index contributed by atoms with van der Waals surface area (Å²) in [6.45, 7) is 6.44. The van der Waals surface area contributed by atoms with Crippen molar-refractivity contribution in [3.63, 3.8) is 0 Å². The SMILES string of the molecule is C=CCOc1cccc(NCCC)c1[N+](=O)[O-]. The Labute approximate surface area is 100 Å². The third-order valence-electron chi connectivity index (χ3n) is 2.10. The fourth-order valence-corrected chi connectivity index (χ4v) is 1.38. The first-order chi connectivity index (χ1) is 8.20. The summed E-state index contributed by atoms with van der Waals surface area (Å²) in [6, 6.07) is 4.98. The van der Waals surface area contributed by atoms with E-state index in [4.69, 9.17) is 4.74 Å². The molecule has 0 amide bonds. The largest absolute Gasteiger partial charge is 0.483 e. The van der Waals surface area contributed by atoms with Crippen LogP contribution in [0.1, 0.15) is 13.3 Å². The van der Waals surface area contributed by atoms with Gasteiger partial charge in [0.05, 0.1) is 4.92 Å². The molecule has 0 aromatic heterocycles. The maximum atomic E-state index is 11.0. The molecule has 92 valence electrons. The minimum absolute atomic E-state index is 0.0252. The summed E-state index contributed by atoms with van der Waals surface area (Å²) in [5, 5.41) is 14.0. The number of hydrogen-bond acceptors (Lipinski definition) is 4. The molecule has 0 radical (unpaired) electrons. The summed E-state index contributed by atoms with van der Waals surface area (Å²) in [7, 11) is 0. The molecule has 0 aliphatic carbocycles. The molecule has 0 spiro atoms. The number of rotatable bonds is 7. The Bertz CT molecular complexity index is 405. The minimum atomic E-state index is -0.434. The van der Waals surface area contributed by atoms with Gasteiger partial charge in [-0.25, -0.2) is 0 Å². The second-order valence-electron chi connectivity index (χ2n) is 3.44. The summed E-state index contributed by atoms with van der Waals surface area (Å²) >= 11 is 0. The van der Waals surface area contributed by atoms with Gasteiger partial charge in [-0.15, -0.1) is 0 Å². The summed E-state index contributed by atoms with van der Waals surface area (Å²) < 4.78 is 5.27. The third kappa shape index (κ3) is 3.48. The Morgan fingerprint density at radius 1 is 1.59 bits per heavy atom. The molecule has 0 aliphatic rings. The number of ether oxygens (including phenoxy) is 1. The standard InChI is InChI=1S/C12H16N2O3/c1-3-8-13-10-6-5-7-11(17-9-4-2)12(10)14(15)16/h4-7,13H,2-3,8-9H2,1H3. The van der Waals surface area contributed by atoms with Gasteiger partial charge in [-0.3, -0.25) is 10.1 Å². The second kappa shape index (κ2) is 6.52. The molecule has 0 unspecified atom stereocenters. The molecule has 0 heterocycles. The highest BCUT2D eigenvalue weighted by Gasteiger charge is 2.20. The maximum absolute atomic E-state index is 11.0. The van der Waals surface area contributed by atoms with Gasteiger partial charge >= 0.3 is 5.69 Å².